The van der Waals surface area contributed by atoms with Crippen LogP contribution in [0.2, 0.25) is 0 Å². The Labute approximate surface area is 137 Å². The second kappa shape index (κ2) is 4.99. The van der Waals surface area contributed by atoms with Gasteiger partial charge in [-0.1, -0.05) is 37.6 Å². The predicted molar refractivity (Wildman–Crippen MR) is 94.6 cm³/mol. The summed E-state index contributed by atoms with van der Waals surface area (Å²) in [5.41, 5.74) is 4.44. The van der Waals surface area contributed by atoms with Gasteiger partial charge in [-0.3, -0.25) is 0 Å². The fraction of sp³-hybridized carbons (Fsp3) is 0.818. The number of fused-ring (bicyclic) bond motifs is 5. The van der Waals surface area contributed by atoms with Crippen LogP contribution < -0.4 is 0 Å². The zero-order valence-electron chi connectivity index (χ0n) is 15.0. The Morgan fingerprint density at radius 1 is 1.09 bits per heavy atom. The van der Waals surface area contributed by atoms with E-state index < -0.39 is 0 Å². The Kier molecular flexibility index (Phi) is 3.41. The summed E-state index contributed by atoms with van der Waals surface area (Å²) < 4.78 is 0. The van der Waals surface area contributed by atoms with Gasteiger partial charge in [0.05, 0.1) is 0 Å². The van der Waals surface area contributed by atoms with Crippen LogP contribution >= 0.6 is 0 Å². The van der Waals surface area contributed by atoms with Crippen LogP contribution in [0.15, 0.2) is 23.8 Å². The molecule has 0 aromatic heterocycles. The average molecular weight is 299 g/mol. The molecule has 4 aliphatic rings. The van der Waals surface area contributed by atoms with Crippen molar-refractivity contribution in [1.29, 1.82) is 0 Å². The van der Waals surface area contributed by atoms with E-state index in [1.165, 1.54) is 63.4 Å². The van der Waals surface area contributed by atoms with Crippen molar-refractivity contribution in [2.24, 2.45) is 34.5 Å². The topological polar surface area (TPSA) is 0 Å². The summed E-state index contributed by atoms with van der Waals surface area (Å²) in [6.45, 7) is 11.9. The zero-order chi connectivity index (χ0) is 15.5. The van der Waals surface area contributed by atoms with Gasteiger partial charge >= 0.3 is 0 Å². The zero-order valence-corrected chi connectivity index (χ0v) is 15.0. The highest BCUT2D eigenvalue weighted by molar-refractivity contribution is 5.24. The van der Waals surface area contributed by atoms with E-state index in [1.54, 1.807) is 0 Å². The van der Waals surface area contributed by atoms with Crippen LogP contribution in [0.25, 0.3) is 0 Å². The highest BCUT2D eigenvalue weighted by Crippen LogP contribution is 2.67. The third-order valence-corrected chi connectivity index (χ3v) is 8.62. The van der Waals surface area contributed by atoms with E-state index in [1.807, 2.05) is 5.57 Å². The Bertz CT molecular complexity index is 512. The number of hydrogen-bond donors (Lipinski definition) is 0. The van der Waals surface area contributed by atoms with Crippen molar-refractivity contribution < 1.29 is 0 Å². The van der Waals surface area contributed by atoms with Gasteiger partial charge in [0.2, 0.25) is 0 Å². The molecule has 0 heterocycles. The monoisotopic (exact) mass is 298 g/mol. The molecule has 0 aromatic rings. The first kappa shape index (κ1) is 15.0. The Balaban J connectivity index is 1.67. The largest absolute Gasteiger partial charge is 0.0998 e. The molecule has 0 aliphatic heterocycles. The lowest BCUT2D eigenvalue weighted by atomic mass is 9.46. The minimum absolute atomic E-state index is 0.559. The van der Waals surface area contributed by atoms with Crippen molar-refractivity contribution in [2.45, 2.75) is 78.6 Å². The van der Waals surface area contributed by atoms with E-state index >= 15 is 0 Å². The summed E-state index contributed by atoms with van der Waals surface area (Å²) in [6.07, 6.45) is 15.6. The van der Waals surface area contributed by atoms with Gasteiger partial charge in [-0.25, -0.2) is 0 Å². The van der Waals surface area contributed by atoms with Crippen LogP contribution in [0.4, 0.5) is 0 Å². The van der Waals surface area contributed by atoms with Crippen molar-refractivity contribution in [2.75, 3.05) is 0 Å². The normalized spacial score (nSPS) is 50.6. The maximum absolute atomic E-state index is 4.35. The lowest BCUT2D eigenvalue weighted by Gasteiger charge is -2.58. The molecule has 122 valence electrons. The maximum atomic E-state index is 4.35. The molecule has 0 saturated heterocycles. The smallest absolute Gasteiger partial charge is 0.00853 e. The average Bonchev–Trinajstić information content (AvgIpc) is 2.84. The van der Waals surface area contributed by atoms with E-state index in [0.29, 0.717) is 10.8 Å². The van der Waals surface area contributed by atoms with Gasteiger partial charge in [0, 0.05) is 0 Å². The highest BCUT2D eigenvalue weighted by Gasteiger charge is 2.58. The van der Waals surface area contributed by atoms with Gasteiger partial charge in [-0.05, 0) is 99.2 Å². The SMILES string of the molecule is C=C(C)C1CCC2C3CCC4=CCCCC4(C)C3CCC12C. The van der Waals surface area contributed by atoms with Crippen LogP contribution in [-0.4, -0.2) is 0 Å². The summed E-state index contributed by atoms with van der Waals surface area (Å²) in [6, 6.07) is 0. The molecule has 0 amide bonds. The Morgan fingerprint density at radius 2 is 1.91 bits per heavy atom. The molecule has 0 nitrogen and oxygen atoms in total. The molecule has 3 saturated carbocycles. The van der Waals surface area contributed by atoms with Gasteiger partial charge in [0.15, 0.2) is 0 Å². The lowest BCUT2D eigenvalue weighted by molar-refractivity contribution is -0.0464. The van der Waals surface area contributed by atoms with E-state index in [4.69, 9.17) is 0 Å². The fourth-order valence-electron chi connectivity index (χ4n) is 7.56. The molecular formula is C22H34. The van der Waals surface area contributed by atoms with Gasteiger partial charge < -0.3 is 0 Å². The summed E-state index contributed by atoms with van der Waals surface area (Å²) in [7, 11) is 0. The fourth-order valence-corrected chi connectivity index (χ4v) is 7.56. The molecule has 0 N–H and O–H groups in total. The van der Waals surface area contributed by atoms with Crippen molar-refractivity contribution >= 4 is 0 Å². The van der Waals surface area contributed by atoms with Crippen molar-refractivity contribution in [1.82, 2.24) is 0 Å². The second-order valence-electron chi connectivity index (χ2n) is 9.48. The number of rotatable bonds is 1. The number of allylic oxidation sites excluding steroid dienone is 3. The minimum atomic E-state index is 0.559. The molecule has 22 heavy (non-hydrogen) atoms. The van der Waals surface area contributed by atoms with Crippen LogP contribution in [0, 0.1) is 34.5 Å². The van der Waals surface area contributed by atoms with Gasteiger partial charge in [-0.2, -0.15) is 0 Å². The molecule has 3 fully saturated rings. The molecular weight excluding hydrogens is 264 g/mol. The molecule has 6 unspecified atom stereocenters. The van der Waals surface area contributed by atoms with Crippen molar-refractivity contribution in [3.05, 3.63) is 23.8 Å². The highest BCUT2D eigenvalue weighted by atomic mass is 14.6. The molecule has 0 aromatic carbocycles. The quantitative estimate of drug-likeness (QED) is 0.483. The van der Waals surface area contributed by atoms with Gasteiger partial charge in [-0.15, -0.1) is 0 Å². The first-order valence-electron chi connectivity index (χ1n) is 9.82. The third-order valence-electron chi connectivity index (χ3n) is 8.62. The summed E-state index contributed by atoms with van der Waals surface area (Å²) in [5, 5.41) is 0. The van der Waals surface area contributed by atoms with E-state index in [2.05, 4.69) is 33.4 Å². The molecule has 0 heteroatoms. The molecule has 6 atom stereocenters. The third kappa shape index (κ3) is 1.88. The second-order valence-corrected chi connectivity index (χ2v) is 9.48. The van der Waals surface area contributed by atoms with E-state index in [0.717, 1.165) is 23.7 Å². The van der Waals surface area contributed by atoms with Crippen LogP contribution in [0.5, 0.6) is 0 Å². The molecule has 0 bridgehead atoms. The van der Waals surface area contributed by atoms with Crippen molar-refractivity contribution in [3.63, 3.8) is 0 Å². The molecule has 0 spiro atoms. The van der Waals surface area contributed by atoms with Gasteiger partial charge in [0.1, 0.15) is 0 Å². The first-order chi connectivity index (χ1) is 10.5. The predicted octanol–water partition coefficient (Wildman–Crippen LogP) is 6.53. The lowest BCUT2D eigenvalue weighted by Crippen LogP contribution is -2.50. The standard InChI is InChI=1S/C22H34/c1-15(2)18-10-11-19-17-9-8-16-7-5-6-13-21(16,3)20(17)12-14-22(18,19)4/h7,17-20H,1,5-6,8-14H2,2-4H3. The molecule has 4 rings (SSSR count). The van der Waals surface area contributed by atoms with Crippen LogP contribution in [0.1, 0.15) is 78.6 Å². The van der Waals surface area contributed by atoms with Crippen molar-refractivity contribution in [3.8, 4) is 0 Å². The summed E-state index contributed by atoms with van der Waals surface area (Å²) in [5.74, 6) is 3.76. The first-order valence-corrected chi connectivity index (χ1v) is 9.82. The van der Waals surface area contributed by atoms with Crippen LogP contribution in [-0.2, 0) is 0 Å². The Hall–Kier alpha value is -0.520. The minimum Gasteiger partial charge on any atom is -0.0998 e. The summed E-state index contributed by atoms with van der Waals surface area (Å²) >= 11 is 0. The van der Waals surface area contributed by atoms with Gasteiger partial charge in [0.25, 0.3) is 0 Å². The summed E-state index contributed by atoms with van der Waals surface area (Å²) in [4.78, 5) is 0. The molecule has 4 aliphatic carbocycles. The van der Waals surface area contributed by atoms with E-state index in [-0.39, 0.29) is 0 Å². The van der Waals surface area contributed by atoms with E-state index in [9.17, 15) is 0 Å². The van der Waals surface area contributed by atoms with Crippen LogP contribution in [0.3, 0.4) is 0 Å². The number of hydrogen-bond acceptors (Lipinski definition) is 0. The maximum Gasteiger partial charge on any atom is -0.00853 e. The molecule has 0 radical (unpaired) electrons. The Morgan fingerprint density at radius 3 is 2.68 bits per heavy atom.